The van der Waals surface area contributed by atoms with Crippen LogP contribution in [0.2, 0.25) is 0 Å². The molecule has 5 nitrogen and oxygen atoms in total. The van der Waals surface area contributed by atoms with Crippen LogP contribution in [-0.4, -0.2) is 23.8 Å². The molecule has 1 amide bonds. The minimum absolute atomic E-state index is 0.00477. The standard InChI is InChI=1S/C17H15Br3N2O3/c1-2-25-13-8-11(15(19)16(20)17(13)24)9-21-22-14(23)7-10-3-5-12(18)6-4-10/h3-6,8-9,24H,2,7H2,1H3,(H,22,23)/b21-9+. The van der Waals surface area contributed by atoms with Crippen molar-refractivity contribution < 1.29 is 14.6 Å². The summed E-state index contributed by atoms with van der Waals surface area (Å²) in [5.74, 6) is 0.114. The zero-order chi connectivity index (χ0) is 18.4. The van der Waals surface area contributed by atoms with Gasteiger partial charge in [0.15, 0.2) is 11.5 Å². The highest BCUT2D eigenvalue weighted by molar-refractivity contribution is 9.13. The monoisotopic (exact) mass is 532 g/mol. The number of aromatic hydroxyl groups is 1. The van der Waals surface area contributed by atoms with Crippen LogP contribution in [0, 0.1) is 0 Å². The Balaban J connectivity index is 2.06. The number of ether oxygens (including phenoxy) is 1. The predicted octanol–water partition coefficient (Wildman–Crippen LogP) is 4.77. The number of nitrogens with one attached hydrogen (secondary N) is 1. The van der Waals surface area contributed by atoms with Gasteiger partial charge < -0.3 is 9.84 Å². The van der Waals surface area contributed by atoms with Crippen molar-refractivity contribution in [2.45, 2.75) is 13.3 Å². The number of phenolic OH excluding ortho intramolecular Hbond substituents is 1. The van der Waals surface area contributed by atoms with Crippen LogP contribution in [0.25, 0.3) is 0 Å². The van der Waals surface area contributed by atoms with Crippen LogP contribution in [0.5, 0.6) is 11.5 Å². The first-order valence-corrected chi connectivity index (χ1v) is 9.70. The minimum Gasteiger partial charge on any atom is -0.503 e. The summed E-state index contributed by atoms with van der Waals surface area (Å²) in [7, 11) is 0. The number of halogens is 3. The first-order chi connectivity index (χ1) is 11.9. The highest BCUT2D eigenvalue weighted by Gasteiger charge is 2.14. The lowest BCUT2D eigenvalue weighted by Gasteiger charge is -2.10. The molecule has 0 saturated carbocycles. The van der Waals surface area contributed by atoms with Crippen molar-refractivity contribution in [2.75, 3.05) is 6.61 Å². The smallest absolute Gasteiger partial charge is 0.244 e. The minimum atomic E-state index is -0.224. The summed E-state index contributed by atoms with van der Waals surface area (Å²) in [5, 5.41) is 14.0. The lowest BCUT2D eigenvalue weighted by molar-refractivity contribution is -0.120. The van der Waals surface area contributed by atoms with Crippen LogP contribution in [0.4, 0.5) is 0 Å². The maximum Gasteiger partial charge on any atom is 0.244 e. The van der Waals surface area contributed by atoms with Gasteiger partial charge in [-0.2, -0.15) is 5.10 Å². The van der Waals surface area contributed by atoms with Crippen LogP contribution >= 0.6 is 47.8 Å². The van der Waals surface area contributed by atoms with Crippen LogP contribution in [-0.2, 0) is 11.2 Å². The van der Waals surface area contributed by atoms with E-state index in [1.54, 1.807) is 6.07 Å². The summed E-state index contributed by atoms with van der Waals surface area (Å²) in [5.41, 5.74) is 4.03. The molecular formula is C17H15Br3N2O3. The highest BCUT2D eigenvalue weighted by Crippen LogP contribution is 2.41. The van der Waals surface area contributed by atoms with Gasteiger partial charge in [-0.25, -0.2) is 5.43 Å². The van der Waals surface area contributed by atoms with Gasteiger partial charge in [0.05, 0.1) is 23.7 Å². The van der Waals surface area contributed by atoms with Gasteiger partial charge in [-0.3, -0.25) is 4.79 Å². The quantitative estimate of drug-likeness (QED) is 0.414. The highest BCUT2D eigenvalue weighted by atomic mass is 79.9. The van der Waals surface area contributed by atoms with E-state index in [9.17, 15) is 9.90 Å². The van der Waals surface area contributed by atoms with Crippen molar-refractivity contribution in [1.29, 1.82) is 0 Å². The van der Waals surface area contributed by atoms with Crippen molar-refractivity contribution in [3.05, 3.63) is 54.9 Å². The number of amides is 1. The van der Waals surface area contributed by atoms with Crippen LogP contribution < -0.4 is 10.2 Å². The molecule has 0 spiro atoms. The van der Waals surface area contributed by atoms with Gasteiger partial charge in [0.25, 0.3) is 0 Å². The third-order valence-electron chi connectivity index (χ3n) is 3.14. The van der Waals surface area contributed by atoms with Crippen LogP contribution in [0.15, 0.2) is 48.9 Å². The fourth-order valence-electron chi connectivity index (χ4n) is 1.97. The zero-order valence-corrected chi connectivity index (χ0v) is 18.0. The molecule has 2 rings (SSSR count). The molecule has 0 aliphatic carbocycles. The Morgan fingerprint density at radius 2 is 1.92 bits per heavy atom. The molecule has 0 bridgehead atoms. The van der Waals surface area contributed by atoms with Crippen molar-refractivity contribution in [3.8, 4) is 11.5 Å². The largest absolute Gasteiger partial charge is 0.503 e. The molecule has 0 unspecified atom stereocenters. The van der Waals surface area contributed by atoms with Crippen LogP contribution in [0.3, 0.4) is 0 Å². The fourth-order valence-corrected chi connectivity index (χ4v) is 3.07. The summed E-state index contributed by atoms with van der Waals surface area (Å²) in [4.78, 5) is 11.9. The van der Waals surface area contributed by atoms with E-state index in [-0.39, 0.29) is 18.1 Å². The van der Waals surface area contributed by atoms with E-state index in [0.29, 0.717) is 26.9 Å². The van der Waals surface area contributed by atoms with Crippen LogP contribution in [0.1, 0.15) is 18.1 Å². The van der Waals surface area contributed by atoms with Crippen molar-refractivity contribution >= 4 is 59.9 Å². The van der Waals surface area contributed by atoms with Gasteiger partial charge in [-0.05, 0) is 62.5 Å². The fraction of sp³-hybridized carbons (Fsp3) is 0.176. The Kier molecular flexibility index (Phi) is 7.46. The van der Waals surface area contributed by atoms with E-state index in [0.717, 1.165) is 10.0 Å². The van der Waals surface area contributed by atoms with Gasteiger partial charge in [0.2, 0.25) is 5.91 Å². The second kappa shape index (κ2) is 9.35. The zero-order valence-electron chi connectivity index (χ0n) is 13.2. The average Bonchev–Trinajstić information content (AvgIpc) is 2.59. The summed E-state index contributed by atoms with van der Waals surface area (Å²) < 4.78 is 7.41. The van der Waals surface area contributed by atoms with E-state index in [2.05, 4.69) is 58.3 Å². The number of rotatable bonds is 6. The number of benzene rings is 2. The average molecular weight is 535 g/mol. The number of hydrogen-bond acceptors (Lipinski definition) is 4. The topological polar surface area (TPSA) is 70.9 Å². The van der Waals surface area contributed by atoms with Gasteiger partial charge >= 0.3 is 0 Å². The molecule has 0 atom stereocenters. The molecule has 0 aliphatic heterocycles. The molecule has 25 heavy (non-hydrogen) atoms. The summed E-state index contributed by atoms with van der Waals surface area (Å²) in [6.45, 7) is 2.24. The molecule has 0 fully saturated rings. The van der Waals surface area contributed by atoms with Crippen molar-refractivity contribution in [3.63, 3.8) is 0 Å². The Hall–Kier alpha value is -1.38. The Morgan fingerprint density at radius 1 is 1.24 bits per heavy atom. The van der Waals surface area contributed by atoms with E-state index >= 15 is 0 Å². The first kappa shape index (κ1) is 19.9. The summed E-state index contributed by atoms with van der Waals surface area (Å²) in [6, 6.07) is 9.14. The number of hydrazone groups is 1. The Bertz CT molecular complexity index is 793. The number of phenols is 1. The molecule has 2 N–H and O–H groups in total. The van der Waals surface area contributed by atoms with Gasteiger partial charge in [-0.15, -0.1) is 0 Å². The van der Waals surface area contributed by atoms with Gasteiger partial charge in [-0.1, -0.05) is 28.1 Å². The molecular weight excluding hydrogens is 520 g/mol. The molecule has 0 aromatic heterocycles. The van der Waals surface area contributed by atoms with E-state index in [1.807, 2.05) is 31.2 Å². The molecule has 2 aromatic rings. The maximum absolute atomic E-state index is 11.9. The molecule has 0 heterocycles. The van der Waals surface area contributed by atoms with Gasteiger partial charge in [0, 0.05) is 14.5 Å². The predicted molar refractivity (Wildman–Crippen MR) is 108 cm³/mol. The summed E-state index contributed by atoms with van der Waals surface area (Å²) in [6.07, 6.45) is 1.71. The lowest BCUT2D eigenvalue weighted by atomic mass is 10.1. The number of nitrogens with zero attached hydrogens (tertiary/aromatic N) is 1. The second-order valence-electron chi connectivity index (χ2n) is 4.97. The molecule has 8 heteroatoms. The summed E-state index contributed by atoms with van der Waals surface area (Å²) >= 11 is 10.0. The molecule has 0 aliphatic rings. The lowest BCUT2D eigenvalue weighted by Crippen LogP contribution is -2.19. The molecule has 132 valence electrons. The van der Waals surface area contributed by atoms with Crippen molar-refractivity contribution in [1.82, 2.24) is 5.43 Å². The van der Waals surface area contributed by atoms with Gasteiger partial charge in [0.1, 0.15) is 0 Å². The first-order valence-electron chi connectivity index (χ1n) is 7.32. The Morgan fingerprint density at radius 3 is 2.56 bits per heavy atom. The van der Waals surface area contributed by atoms with E-state index in [1.165, 1.54) is 6.21 Å². The normalized spacial score (nSPS) is 10.9. The SMILES string of the molecule is CCOc1cc(/C=N/NC(=O)Cc2ccc(Br)cc2)c(Br)c(Br)c1O. The number of carbonyl (C=O) groups excluding carboxylic acids is 1. The third kappa shape index (κ3) is 5.55. The maximum atomic E-state index is 11.9. The van der Waals surface area contributed by atoms with Crippen molar-refractivity contribution in [2.24, 2.45) is 5.10 Å². The Labute approximate surface area is 170 Å². The number of carbonyl (C=O) groups is 1. The molecule has 0 radical (unpaired) electrons. The van der Waals surface area contributed by atoms with E-state index in [4.69, 9.17) is 4.74 Å². The number of hydrogen-bond donors (Lipinski definition) is 2. The van der Waals surface area contributed by atoms with E-state index < -0.39 is 0 Å². The third-order valence-corrected chi connectivity index (χ3v) is 5.83. The second-order valence-corrected chi connectivity index (χ2v) is 7.47. The molecule has 2 aromatic carbocycles. The molecule has 0 saturated heterocycles.